The summed E-state index contributed by atoms with van der Waals surface area (Å²) in [4.78, 5) is 16.4. The molecule has 0 radical (unpaired) electrons. The largest absolute Gasteiger partial charge is 0.478 e. The molecule has 1 heterocycles. The Bertz CT molecular complexity index is 464. The van der Waals surface area contributed by atoms with E-state index in [4.69, 9.17) is 9.47 Å². The second kappa shape index (κ2) is 9.53. The summed E-state index contributed by atoms with van der Waals surface area (Å²) >= 11 is 0. The first-order chi connectivity index (χ1) is 11.2. The van der Waals surface area contributed by atoms with E-state index in [0.29, 0.717) is 18.2 Å². The molecule has 1 aliphatic rings. The molecule has 1 aromatic rings. The zero-order chi connectivity index (χ0) is 16.5. The number of nitrogens with zero attached hydrogens (tertiary/aromatic N) is 1. The molecule has 0 N–H and O–H groups in total. The Balaban J connectivity index is 1.77. The van der Waals surface area contributed by atoms with Crippen LogP contribution in [0.25, 0.3) is 0 Å². The molecule has 4 heteroatoms. The average molecular weight is 319 g/mol. The lowest BCUT2D eigenvalue weighted by molar-refractivity contribution is -0.140. The van der Waals surface area contributed by atoms with Gasteiger partial charge in [-0.1, -0.05) is 33.1 Å². The van der Waals surface area contributed by atoms with Gasteiger partial charge in [0.1, 0.15) is 5.75 Å². The molecule has 0 bridgehead atoms. The van der Waals surface area contributed by atoms with Crippen LogP contribution in [0.15, 0.2) is 18.3 Å². The normalized spacial score (nSPS) is 21.0. The lowest BCUT2D eigenvalue weighted by Gasteiger charge is -2.26. The zero-order valence-electron chi connectivity index (χ0n) is 14.4. The van der Waals surface area contributed by atoms with Gasteiger partial charge < -0.3 is 9.47 Å². The Morgan fingerprint density at radius 3 is 2.57 bits per heavy atom. The van der Waals surface area contributed by atoms with Gasteiger partial charge in [0.25, 0.3) is 0 Å². The van der Waals surface area contributed by atoms with E-state index in [0.717, 1.165) is 44.4 Å². The van der Waals surface area contributed by atoms with Gasteiger partial charge in [0, 0.05) is 6.07 Å². The van der Waals surface area contributed by atoms with E-state index in [-0.39, 0.29) is 11.9 Å². The van der Waals surface area contributed by atoms with Crippen molar-refractivity contribution in [1.29, 1.82) is 0 Å². The van der Waals surface area contributed by atoms with Gasteiger partial charge in [0.05, 0.1) is 18.7 Å². The van der Waals surface area contributed by atoms with E-state index in [2.05, 4.69) is 18.8 Å². The first-order valence-corrected chi connectivity index (χ1v) is 9.03. The monoisotopic (exact) mass is 319 g/mol. The SMILES string of the molecule is CCCCOc1ccc(OC(=O)C2CCC(CCC)CC2)cn1. The summed E-state index contributed by atoms with van der Waals surface area (Å²) in [5.41, 5.74) is 0. The van der Waals surface area contributed by atoms with Crippen molar-refractivity contribution in [2.45, 2.75) is 65.2 Å². The van der Waals surface area contributed by atoms with Crippen molar-refractivity contribution < 1.29 is 14.3 Å². The summed E-state index contributed by atoms with van der Waals surface area (Å²) in [5, 5.41) is 0. The van der Waals surface area contributed by atoms with Crippen LogP contribution in [0.3, 0.4) is 0 Å². The second-order valence-electron chi connectivity index (χ2n) is 6.46. The van der Waals surface area contributed by atoms with Crippen LogP contribution in [0.2, 0.25) is 0 Å². The minimum absolute atomic E-state index is 0.0450. The molecule has 0 spiro atoms. The van der Waals surface area contributed by atoms with Crippen LogP contribution in [-0.4, -0.2) is 17.6 Å². The molecule has 0 aliphatic heterocycles. The number of ether oxygens (including phenoxy) is 2. The summed E-state index contributed by atoms with van der Waals surface area (Å²) in [6.45, 7) is 5.02. The molecule has 1 saturated carbocycles. The molecule has 1 aromatic heterocycles. The van der Waals surface area contributed by atoms with Crippen molar-refractivity contribution in [3.63, 3.8) is 0 Å². The maximum Gasteiger partial charge on any atom is 0.314 e. The number of hydrogen-bond donors (Lipinski definition) is 0. The van der Waals surface area contributed by atoms with Crippen LogP contribution < -0.4 is 9.47 Å². The lowest BCUT2D eigenvalue weighted by atomic mass is 9.80. The quantitative estimate of drug-likeness (QED) is 0.511. The fourth-order valence-electron chi connectivity index (χ4n) is 3.13. The van der Waals surface area contributed by atoms with Gasteiger partial charge >= 0.3 is 5.97 Å². The van der Waals surface area contributed by atoms with Crippen LogP contribution in [0.1, 0.15) is 65.2 Å². The number of carbonyl (C=O) groups excluding carboxylic acids is 1. The van der Waals surface area contributed by atoms with Gasteiger partial charge in [-0.3, -0.25) is 4.79 Å². The summed E-state index contributed by atoms with van der Waals surface area (Å²) in [7, 11) is 0. The van der Waals surface area contributed by atoms with Gasteiger partial charge in [-0.05, 0) is 44.1 Å². The molecule has 0 amide bonds. The highest BCUT2D eigenvalue weighted by Gasteiger charge is 2.27. The number of aromatic nitrogens is 1. The maximum atomic E-state index is 12.2. The Kier molecular flexibility index (Phi) is 7.37. The number of carbonyl (C=O) groups is 1. The number of pyridine rings is 1. The summed E-state index contributed by atoms with van der Waals surface area (Å²) < 4.78 is 11.0. The summed E-state index contributed by atoms with van der Waals surface area (Å²) in [5.74, 6) is 1.82. The molecule has 0 aromatic carbocycles. The Morgan fingerprint density at radius 2 is 1.96 bits per heavy atom. The zero-order valence-corrected chi connectivity index (χ0v) is 14.4. The Morgan fingerprint density at radius 1 is 1.17 bits per heavy atom. The fourth-order valence-corrected chi connectivity index (χ4v) is 3.13. The topological polar surface area (TPSA) is 48.4 Å². The predicted molar refractivity (Wildman–Crippen MR) is 90.6 cm³/mol. The van der Waals surface area contributed by atoms with E-state index < -0.39 is 0 Å². The van der Waals surface area contributed by atoms with Gasteiger partial charge in [-0.2, -0.15) is 0 Å². The van der Waals surface area contributed by atoms with E-state index in [1.165, 1.54) is 12.8 Å². The number of esters is 1. The summed E-state index contributed by atoms with van der Waals surface area (Å²) in [6, 6.07) is 3.52. The lowest BCUT2D eigenvalue weighted by Crippen LogP contribution is -2.25. The third kappa shape index (κ3) is 5.85. The molecular weight excluding hydrogens is 290 g/mol. The molecule has 128 valence electrons. The number of rotatable bonds is 8. The molecule has 0 unspecified atom stereocenters. The third-order valence-electron chi connectivity index (χ3n) is 4.55. The average Bonchev–Trinajstić information content (AvgIpc) is 2.57. The van der Waals surface area contributed by atoms with Crippen molar-refractivity contribution in [2.24, 2.45) is 11.8 Å². The molecule has 0 saturated heterocycles. The molecule has 23 heavy (non-hydrogen) atoms. The molecule has 4 nitrogen and oxygen atoms in total. The van der Waals surface area contributed by atoms with Crippen molar-refractivity contribution >= 4 is 5.97 Å². The van der Waals surface area contributed by atoms with Gasteiger partial charge in [0.2, 0.25) is 5.88 Å². The molecular formula is C19H29NO3. The van der Waals surface area contributed by atoms with E-state index >= 15 is 0 Å². The van der Waals surface area contributed by atoms with Crippen LogP contribution in [-0.2, 0) is 4.79 Å². The fraction of sp³-hybridized carbons (Fsp3) is 0.684. The Hall–Kier alpha value is -1.58. The highest BCUT2D eigenvalue weighted by atomic mass is 16.5. The molecule has 1 fully saturated rings. The molecule has 2 rings (SSSR count). The second-order valence-corrected chi connectivity index (χ2v) is 6.46. The highest BCUT2D eigenvalue weighted by Crippen LogP contribution is 2.32. The Labute approximate surface area is 139 Å². The van der Waals surface area contributed by atoms with E-state index in [1.54, 1.807) is 18.3 Å². The van der Waals surface area contributed by atoms with Gasteiger partial charge in [-0.15, -0.1) is 0 Å². The predicted octanol–water partition coefficient (Wildman–Crippen LogP) is 4.77. The van der Waals surface area contributed by atoms with Gasteiger partial charge in [0.15, 0.2) is 0 Å². The molecule has 0 atom stereocenters. The minimum Gasteiger partial charge on any atom is -0.478 e. The van der Waals surface area contributed by atoms with E-state index in [1.807, 2.05) is 0 Å². The van der Waals surface area contributed by atoms with Crippen molar-refractivity contribution in [2.75, 3.05) is 6.61 Å². The number of unbranched alkanes of at least 4 members (excludes halogenated alkanes) is 1. The smallest absolute Gasteiger partial charge is 0.314 e. The van der Waals surface area contributed by atoms with Crippen LogP contribution >= 0.6 is 0 Å². The highest BCUT2D eigenvalue weighted by molar-refractivity contribution is 5.75. The first kappa shape index (κ1) is 17.8. The third-order valence-corrected chi connectivity index (χ3v) is 4.55. The standard InChI is InChI=1S/C19H29NO3/c1-3-5-13-22-18-12-11-17(14-20-18)23-19(21)16-9-7-15(6-4-2)8-10-16/h11-12,14-16H,3-10,13H2,1-2H3. The summed E-state index contributed by atoms with van der Waals surface area (Å²) in [6.07, 6.45) is 10.4. The van der Waals surface area contributed by atoms with Crippen molar-refractivity contribution in [1.82, 2.24) is 4.98 Å². The maximum absolute atomic E-state index is 12.2. The van der Waals surface area contributed by atoms with Gasteiger partial charge in [-0.25, -0.2) is 4.98 Å². The van der Waals surface area contributed by atoms with E-state index in [9.17, 15) is 4.79 Å². The number of hydrogen-bond acceptors (Lipinski definition) is 4. The minimum atomic E-state index is -0.110. The van der Waals surface area contributed by atoms with Crippen LogP contribution in [0, 0.1) is 11.8 Å². The van der Waals surface area contributed by atoms with Crippen LogP contribution in [0.5, 0.6) is 11.6 Å². The molecule has 1 aliphatic carbocycles. The first-order valence-electron chi connectivity index (χ1n) is 9.03. The van der Waals surface area contributed by atoms with Crippen LogP contribution in [0.4, 0.5) is 0 Å². The van der Waals surface area contributed by atoms with Crippen molar-refractivity contribution in [3.05, 3.63) is 18.3 Å². The van der Waals surface area contributed by atoms with Crippen molar-refractivity contribution in [3.8, 4) is 11.6 Å².